The van der Waals surface area contributed by atoms with Crippen LogP contribution in [0.2, 0.25) is 0 Å². The summed E-state index contributed by atoms with van der Waals surface area (Å²) in [6.45, 7) is 1.38. The van der Waals surface area contributed by atoms with Crippen LogP contribution in [0.3, 0.4) is 0 Å². The molecule has 0 amide bonds. The van der Waals surface area contributed by atoms with Crippen LogP contribution in [-0.2, 0) is 22.1 Å². The van der Waals surface area contributed by atoms with Crippen molar-refractivity contribution in [3.8, 4) is 11.6 Å². The van der Waals surface area contributed by atoms with Crippen molar-refractivity contribution in [3.05, 3.63) is 17.3 Å². The highest BCUT2D eigenvalue weighted by Gasteiger charge is 2.40. The van der Waals surface area contributed by atoms with Gasteiger partial charge in [0.15, 0.2) is 11.4 Å². The molecule has 5 nitrogen and oxygen atoms in total. The number of carbonyl (C=O) groups is 1. The van der Waals surface area contributed by atoms with Crippen LogP contribution in [-0.4, -0.2) is 31.0 Å². The van der Waals surface area contributed by atoms with Crippen LogP contribution in [0.1, 0.15) is 18.2 Å². The zero-order valence-corrected chi connectivity index (χ0v) is 11.8. The highest BCUT2D eigenvalue weighted by molar-refractivity contribution is 5.73. The molecule has 11 heteroatoms. The fourth-order valence-electron chi connectivity index (χ4n) is 1.59. The molecule has 0 saturated heterocycles. The van der Waals surface area contributed by atoms with Gasteiger partial charge in [-0.3, -0.25) is 4.79 Å². The molecule has 1 heterocycles. The van der Waals surface area contributed by atoms with Crippen molar-refractivity contribution >= 4 is 5.97 Å². The fraction of sp³-hybridized carbons (Fsp3) is 0.500. The van der Waals surface area contributed by atoms with Gasteiger partial charge in [-0.2, -0.15) is 13.2 Å². The van der Waals surface area contributed by atoms with Crippen LogP contribution in [0, 0.1) is 0 Å². The summed E-state index contributed by atoms with van der Waals surface area (Å²) >= 11 is 0. The lowest BCUT2D eigenvalue weighted by Crippen LogP contribution is -2.21. The highest BCUT2D eigenvalue weighted by Crippen LogP contribution is 2.38. The molecule has 0 radical (unpaired) electrons. The predicted octanol–water partition coefficient (Wildman–Crippen LogP) is 3.11. The molecule has 0 aliphatic carbocycles. The third-order valence-corrected chi connectivity index (χ3v) is 2.37. The normalized spacial score (nSPS) is 12.0. The minimum atomic E-state index is -5.26. The Morgan fingerprint density at radius 1 is 1.22 bits per heavy atom. The maximum atomic E-state index is 12.9. The molecule has 0 aliphatic heterocycles. The first-order valence-electron chi connectivity index (χ1n) is 6.04. The first-order chi connectivity index (χ1) is 10.5. The van der Waals surface area contributed by atoms with Crippen LogP contribution >= 0.6 is 0 Å². The van der Waals surface area contributed by atoms with Gasteiger partial charge in [-0.05, 0) is 18.6 Å². The van der Waals surface area contributed by atoms with Crippen LogP contribution in [0.4, 0.5) is 26.3 Å². The van der Waals surface area contributed by atoms with Crippen LogP contribution < -0.4 is 9.47 Å². The molecule has 0 aromatic carbocycles. The van der Waals surface area contributed by atoms with Gasteiger partial charge < -0.3 is 14.2 Å². The Kier molecular flexibility index (Phi) is 5.67. The van der Waals surface area contributed by atoms with Crippen molar-refractivity contribution in [2.45, 2.75) is 25.9 Å². The lowest BCUT2D eigenvalue weighted by molar-refractivity contribution is -0.277. The smallest absolute Gasteiger partial charge is 0.491 e. The van der Waals surface area contributed by atoms with Crippen molar-refractivity contribution < 1.29 is 45.3 Å². The third kappa shape index (κ3) is 5.49. The van der Waals surface area contributed by atoms with E-state index in [9.17, 15) is 31.1 Å². The predicted molar refractivity (Wildman–Crippen MR) is 62.8 cm³/mol. The quantitative estimate of drug-likeness (QED) is 0.605. The molecule has 130 valence electrons. The number of ether oxygens (including phenoxy) is 3. The van der Waals surface area contributed by atoms with Gasteiger partial charge in [-0.15, -0.1) is 13.2 Å². The molecule has 0 aliphatic rings. The number of esters is 1. The molecule has 1 rings (SSSR count). The number of hydrogen-bond acceptors (Lipinski definition) is 5. The van der Waals surface area contributed by atoms with E-state index in [0.29, 0.717) is 6.07 Å². The molecule has 0 bridgehead atoms. The Morgan fingerprint density at radius 2 is 1.83 bits per heavy atom. The number of pyridine rings is 1. The minimum Gasteiger partial charge on any atom is -0.491 e. The van der Waals surface area contributed by atoms with Gasteiger partial charge in [0, 0.05) is 0 Å². The number of hydrogen-bond donors (Lipinski definition) is 0. The van der Waals surface area contributed by atoms with Crippen LogP contribution in [0.15, 0.2) is 6.07 Å². The van der Waals surface area contributed by atoms with E-state index in [4.69, 9.17) is 0 Å². The second kappa shape index (κ2) is 6.92. The molecule has 0 spiro atoms. The van der Waals surface area contributed by atoms with Gasteiger partial charge in [0.2, 0.25) is 0 Å². The average molecular weight is 347 g/mol. The molecule has 0 saturated carbocycles. The Bertz CT molecular complexity index is 570. The van der Waals surface area contributed by atoms with Gasteiger partial charge in [-0.1, -0.05) is 0 Å². The molecular weight excluding hydrogens is 336 g/mol. The van der Waals surface area contributed by atoms with E-state index in [0.717, 1.165) is 7.11 Å². The zero-order chi connectivity index (χ0) is 17.8. The van der Waals surface area contributed by atoms with Crippen molar-refractivity contribution in [1.82, 2.24) is 4.98 Å². The van der Waals surface area contributed by atoms with Crippen molar-refractivity contribution in [3.63, 3.8) is 0 Å². The topological polar surface area (TPSA) is 57.7 Å². The number of alkyl halides is 6. The Labute approximate surface area is 126 Å². The maximum absolute atomic E-state index is 12.9. The molecule has 0 atom stereocenters. The lowest BCUT2D eigenvalue weighted by atomic mass is 10.1. The summed E-state index contributed by atoms with van der Waals surface area (Å²) < 4.78 is 88.0. The largest absolute Gasteiger partial charge is 0.574 e. The summed E-state index contributed by atoms with van der Waals surface area (Å²) in [5, 5.41) is 0. The van der Waals surface area contributed by atoms with Crippen molar-refractivity contribution in [2.24, 2.45) is 0 Å². The summed E-state index contributed by atoms with van der Waals surface area (Å²) in [6, 6.07) is 0.605. The van der Waals surface area contributed by atoms with E-state index in [2.05, 4.69) is 19.2 Å². The van der Waals surface area contributed by atoms with E-state index >= 15 is 0 Å². The zero-order valence-electron chi connectivity index (χ0n) is 11.8. The molecule has 0 N–H and O–H groups in total. The number of nitrogens with zero attached hydrogens (tertiary/aromatic N) is 1. The van der Waals surface area contributed by atoms with E-state index in [-0.39, 0.29) is 6.61 Å². The first-order valence-corrected chi connectivity index (χ1v) is 6.04. The van der Waals surface area contributed by atoms with Gasteiger partial charge in [-0.25, -0.2) is 4.98 Å². The number of halogens is 6. The van der Waals surface area contributed by atoms with E-state index in [1.165, 1.54) is 6.92 Å². The Morgan fingerprint density at radius 3 is 2.26 bits per heavy atom. The van der Waals surface area contributed by atoms with Gasteiger partial charge in [0.05, 0.1) is 20.1 Å². The number of aromatic nitrogens is 1. The molecule has 0 unspecified atom stereocenters. The van der Waals surface area contributed by atoms with E-state index in [1.807, 2.05) is 0 Å². The van der Waals surface area contributed by atoms with Gasteiger partial charge in [0.25, 0.3) is 5.88 Å². The Balaban J connectivity index is 3.36. The van der Waals surface area contributed by atoms with Crippen LogP contribution in [0.5, 0.6) is 11.6 Å². The van der Waals surface area contributed by atoms with E-state index < -0.39 is 47.8 Å². The van der Waals surface area contributed by atoms with Crippen LogP contribution in [0.25, 0.3) is 0 Å². The molecular formula is C12H11F6NO4. The summed E-state index contributed by atoms with van der Waals surface area (Å²) in [7, 11) is 0.918. The number of carbonyl (C=O) groups excluding carboxylic acids is 1. The maximum Gasteiger partial charge on any atom is 0.574 e. The van der Waals surface area contributed by atoms with Gasteiger partial charge in [0.1, 0.15) is 0 Å². The summed E-state index contributed by atoms with van der Waals surface area (Å²) in [6.07, 6.45) is -11.2. The molecule has 1 aromatic rings. The third-order valence-electron chi connectivity index (χ3n) is 2.37. The average Bonchev–Trinajstić information content (AvgIpc) is 2.37. The highest BCUT2D eigenvalue weighted by atomic mass is 19.4. The molecule has 23 heavy (non-hydrogen) atoms. The number of methoxy groups -OCH3 is 1. The minimum absolute atomic E-state index is 0.0694. The Hall–Kier alpha value is -2.20. The number of rotatable bonds is 5. The summed E-state index contributed by atoms with van der Waals surface area (Å²) in [5.41, 5.74) is -2.38. The fourth-order valence-corrected chi connectivity index (χ4v) is 1.59. The standard InChI is InChI=1S/C12H11F6NO4/c1-3-22-8(20)5-6-4-7(21-2)10(23-12(16,17)18)19-9(6)11(13,14)15/h4H,3,5H2,1-2H3. The first kappa shape index (κ1) is 18.8. The SMILES string of the molecule is CCOC(=O)Cc1cc(OC)c(OC(F)(F)F)nc1C(F)(F)F. The van der Waals surface area contributed by atoms with Crippen molar-refractivity contribution in [1.29, 1.82) is 0 Å². The summed E-state index contributed by atoms with van der Waals surface area (Å²) in [5.74, 6) is -3.10. The second-order valence-electron chi connectivity index (χ2n) is 4.03. The molecule has 0 fully saturated rings. The second-order valence-corrected chi connectivity index (χ2v) is 4.03. The summed E-state index contributed by atoms with van der Waals surface area (Å²) in [4.78, 5) is 14.1. The van der Waals surface area contributed by atoms with Crippen molar-refractivity contribution in [2.75, 3.05) is 13.7 Å². The molecule has 1 aromatic heterocycles. The lowest BCUT2D eigenvalue weighted by Gasteiger charge is -2.17. The monoisotopic (exact) mass is 347 g/mol. The van der Waals surface area contributed by atoms with Gasteiger partial charge >= 0.3 is 18.5 Å². The van der Waals surface area contributed by atoms with E-state index in [1.54, 1.807) is 0 Å².